The topological polar surface area (TPSA) is 38.0 Å². The van der Waals surface area contributed by atoms with Crippen molar-refractivity contribution >= 4 is 0 Å². The Morgan fingerprint density at radius 3 is 2.18 bits per heavy atom. The van der Waals surface area contributed by atoms with Crippen LogP contribution < -0.4 is 11.3 Å². The molecule has 0 saturated carbocycles. The van der Waals surface area contributed by atoms with Crippen molar-refractivity contribution in [2.24, 2.45) is 11.8 Å². The summed E-state index contributed by atoms with van der Waals surface area (Å²) in [6, 6.07) is 6.86. The van der Waals surface area contributed by atoms with Crippen LogP contribution in [0.5, 0.6) is 0 Å². The van der Waals surface area contributed by atoms with Gasteiger partial charge in [-0.15, -0.1) is 0 Å². The van der Waals surface area contributed by atoms with Crippen LogP contribution in [0, 0.1) is 19.8 Å². The Kier molecular flexibility index (Phi) is 5.66. The molecule has 1 aromatic rings. The number of nitrogens with one attached hydrogen (secondary N) is 1. The molecule has 0 aliphatic heterocycles. The minimum Gasteiger partial charge on any atom is -0.271 e. The lowest BCUT2D eigenvalue weighted by atomic mass is 9.93. The van der Waals surface area contributed by atoms with Crippen molar-refractivity contribution in [2.45, 2.75) is 53.0 Å². The van der Waals surface area contributed by atoms with E-state index in [0.717, 1.165) is 18.8 Å². The predicted molar refractivity (Wildman–Crippen MR) is 74.8 cm³/mol. The molecule has 0 saturated heterocycles. The molecule has 2 nitrogen and oxygen atoms in total. The van der Waals surface area contributed by atoms with Crippen molar-refractivity contribution in [1.29, 1.82) is 0 Å². The van der Waals surface area contributed by atoms with Gasteiger partial charge in [0.2, 0.25) is 0 Å². The summed E-state index contributed by atoms with van der Waals surface area (Å²) in [5.41, 5.74) is 7.14. The number of hydrogen-bond donors (Lipinski definition) is 2. The highest BCUT2D eigenvalue weighted by Gasteiger charge is 2.11. The minimum absolute atomic E-state index is 0.386. The van der Waals surface area contributed by atoms with E-state index in [1.54, 1.807) is 0 Å². The second-order valence-corrected chi connectivity index (χ2v) is 5.41. The Balaban J connectivity index is 2.67. The van der Waals surface area contributed by atoms with Gasteiger partial charge in [-0.2, -0.15) is 0 Å². The SMILES string of the molecule is Cc1cccc(C)c1CC(CCC(C)C)NN. The molecule has 1 unspecified atom stereocenters. The van der Waals surface area contributed by atoms with Crippen LogP contribution in [-0.2, 0) is 6.42 Å². The van der Waals surface area contributed by atoms with Gasteiger partial charge in [-0.25, -0.2) is 0 Å². The third-order valence-electron chi connectivity index (χ3n) is 3.42. The normalized spacial score (nSPS) is 13.1. The summed E-state index contributed by atoms with van der Waals surface area (Å²) >= 11 is 0. The summed E-state index contributed by atoms with van der Waals surface area (Å²) in [4.78, 5) is 0. The van der Waals surface area contributed by atoms with E-state index in [1.807, 2.05) is 0 Å². The van der Waals surface area contributed by atoms with Crippen LogP contribution in [0.4, 0.5) is 0 Å². The molecule has 0 fully saturated rings. The zero-order valence-corrected chi connectivity index (χ0v) is 11.6. The number of benzene rings is 1. The summed E-state index contributed by atoms with van der Waals surface area (Å²) in [5.74, 6) is 6.40. The fraction of sp³-hybridized carbons (Fsp3) is 0.600. The fourth-order valence-corrected chi connectivity index (χ4v) is 2.20. The monoisotopic (exact) mass is 234 g/mol. The number of nitrogens with two attached hydrogens (primary N) is 1. The van der Waals surface area contributed by atoms with Gasteiger partial charge < -0.3 is 0 Å². The maximum absolute atomic E-state index is 5.66. The van der Waals surface area contributed by atoms with Crippen LogP contribution in [0.15, 0.2) is 18.2 Å². The van der Waals surface area contributed by atoms with E-state index in [2.05, 4.69) is 51.3 Å². The van der Waals surface area contributed by atoms with Gasteiger partial charge >= 0.3 is 0 Å². The molecule has 0 amide bonds. The lowest BCUT2D eigenvalue weighted by molar-refractivity contribution is 0.433. The lowest BCUT2D eigenvalue weighted by Crippen LogP contribution is -2.37. The first kappa shape index (κ1) is 14.2. The molecule has 0 aliphatic carbocycles. The van der Waals surface area contributed by atoms with Crippen molar-refractivity contribution in [2.75, 3.05) is 0 Å². The van der Waals surface area contributed by atoms with E-state index >= 15 is 0 Å². The van der Waals surface area contributed by atoms with Gasteiger partial charge in [0.15, 0.2) is 0 Å². The summed E-state index contributed by atoms with van der Waals surface area (Å²) in [7, 11) is 0. The number of rotatable bonds is 6. The Labute approximate surface area is 106 Å². The second-order valence-electron chi connectivity index (χ2n) is 5.41. The van der Waals surface area contributed by atoms with E-state index in [0.29, 0.717) is 6.04 Å². The average molecular weight is 234 g/mol. The van der Waals surface area contributed by atoms with Gasteiger partial charge in [0.05, 0.1) is 0 Å². The highest BCUT2D eigenvalue weighted by atomic mass is 15.2. The molecule has 0 bridgehead atoms. The number of hydrogen-bond acceptors (Lipinski definition) is 2. The molecule has 1 rings (SSSR count). The van der Waals surface area contributed by atoms with Gasteiger partial charge in [0.25, 0.3) is 0 Å². The van der Waals surface area contributed by atoms with Crippen molar-refractivity contribution in [1.82, 2.24) is 5.43 Å². The van der Waals surface area contributed by atoms with Gasteiger partial charge in [-0.05, 0) is 55.7 Å². The zero-order chi connectivity index (χ0) is 12.8. The van der Waals surface area contributed by atoms with Gasteiger partial charge in [-0.1, -0.05) is 32.0 Å². The highest BCUT2D eigenvalue weighted by molar-refractivity contribution is 5.34. The first-order valence-corrected chi connectivity index (χ1v) is 6.55. The first-order chi connectivity index (χ1) is 8.04. The average Bonchev–Trinajstić information content (AvgIpc) is 2.27. The Bertz CT molecular complexity index is 325. The summed E-state index contributed by atoms with van der Waals surface area (Å²) in [5, 5.41) is 0. The van der Waals surface area contributed by atoms with Gasteiger partial charge in [0.1, 0.15) is 0 Å². The van der Waals surface area contributed by atoms with Crippen molar-refractivity contribution in [3.8, 4) is 0 Å². The Morgan fingerprint density at radius 2 is 1.71 bits per heavy atom. The second kappa shape index (κ2) is 6.77. The summed E-state index contributed by atoms with van der Waals surface area (Å²) in [6.45, 7) is 8.87. The molecule has 1 atom stereocenters. The molecule has 0 heterocycles. The molecular weight excluding hydrogens is 208 g/mol. The Morgan fingerprint density at radius 1 is 1.12 bits per heavy atom. The molecule has 2 heteroatoms. The molecule has 3 N–H and O–H groups in total. The van der Waals surface area contributed by atoms with Crippen LogP contribution in [0.25, 0.3) is 0 Å². The van der Waals surface area contributed by atoms with Crippen LogP contribution in [-0.4, -0.2) is 6.04 Å². The largest absolute Gasteiger partial charge is 0.271 e. The number of aryl methyl sites for hydroxylation is 2. The maximum atomic E-state index is 5.66. The highest BCUT2D eigenvalue weighted by Crippen LogP contribution is 2.17. The molecular formula is C15H26N2. The van der Waals surface area contributed by atoms with E-state index in [4.69, 9.17) is 5.84 Å². The van der Waals surface area contributed by atoms with Crippen molar-refractivity contribution in [3.05, 3.63) is 34.9 Å². The van der Waals surface area contributed by atoms with E-state index < -0.39 is 0 Å². The first-order valence-electron chi connectivity index (χ1n) is 6.55. The summed E-state index contributed by atoms with van der Waals surface area (Å²) < 4.78 is 0. The molecule has 0 spiro atoms. The zero-order valence-electron chi connectivity index (χ0n) is 11.6. The molecule has 0 radical (unpaired) electrons. The molecule has 96 valence electrons. The molecule has 17 heavy (non-hydrogen) atoms. The molecule has 0 aliphatic rings. The van der Waals surface area contributed by atoms with Crippen molar-refractivity contribution in [3.63, 3.8) is 0 Å². The molecule has 1 aromatic carbocycles. The van der Waals surface area contributed by atoms with Crippen molar-refractivity contribution < 1.29 is 0 Å². The smallest absolute Gasteiger partial charge is 0.0251 e. The third kappa shape index (κ3) is 4.49. The lowest BCUT2D eigenvalue weighted by Gasteiger charge is -2.19. The van der Waals surface area contributed by atoms with E-state index in [9.17, 15) is 0 Å². The van der Waals surface area contributed by atoms with Crippen LogP contribution in [0.2, 0.25) is 0 Å². The van der Waals surface area contributed by atoms with E-state index in [-0.39, 0.29) is 0 Å². The van der Waals surface area contributed by atoms with Gasteiger partial charge in [0, 0.05) is 6.04 Å². The van der Waals surface area contributed by atoms with Crippen LogP contribution in [0.3, 0.4) is 0 Å². The minimum atomic E-state index is 0.386. The maximum Gasteiger partial charge on any atom is 0.0251 e. The predicted octanol–water partition coefficient (Wildman–Crippen LogP) is 3.11. The molecule has 0 aromatic heterocycles. The third-order valence-corrected chi connectivity index (χ3v) is 3.42. The fourth-order valence-electron chi connectivity index (χ4n) is 2.20. The van der Waals surface area contributed by atoms with Crippen LogP contribution >= 0.6 is 0 Å². The number of hydrazine groups is 1. The van der Waals surface area contributed by atoms with Crippen LogP contribution in [0.1, 0.15) is 43.4 Å². The summed E-state index contributed by atoms with van der Waals surface area (Å²) in [6.07, 6.45) is 3.39. The quantitative estimate of drug-likeness (QED) is 0.586. The Hall–Kier alpha value is -0.860. The standard InChI is InChI=1S/C15H26N2/c1-11(2)8-9-14(17-16)10-15-12(3)6-5-7-13(15)4/h5-7,11,14,17H,8-10,16H2,1-4H3. The van der Waals surface area contributed by atoms with Gasteiger partial charge in [-0.3, -0.25) is 11.3 Å². The van der Waals surface area contributed by atoms with E-state index in [1.165, 1.54) is 23.1 Å².